The molecule has 1 heterocycles. The van der Waals surface area contributed by atoms with Crippen LogP contribution in [0.15, 0.2) is 0 Å². The van der Waals surface area contributed by atoms with Gasteiger partial charge in [-0.15, -0.1) is 0 Å². The molecule has 16 heavy (non-hydrogen) atoms. The third kappa shape index (κ3) is 1.99. The molecular weight excluding hydrogens is 210 g/mol. The molecule has 5 heteroatoms. The normalized spacial score (nSPS) is 32.2. The van der Waals surface area contributed by atoms with Crippen molar-refractivity contribution >= 4 is 12.1 Å². The van der Waals surface area contributed by atoms with Crippen LogP contribution in [-0.4, -0.2) is 40.3 Å². The SMILES string of the molecule is CC(C)(C)OC(=O)N1C[C@H]2C[C@@H]2[C@H]1C(=O)O. The van der Waals surface area contributed by atoms with Crippen LogP contribution >= 0.6 is 0 Å². The van der Waals surface area contributed by atoms with E-state index < -0.39 is 23.7 Å². The highest BCUT2D eigenvalue weighted by Gasteiger charge is 2.57. The Balaban J connectivity index is 2.04. The summed E-state index contributed by atoms with van der Waals surface area (Å²) in [4.78, 5) is 24.2. The summed E-state index contributed by atoms with van der Waals surface area (Å²) in [6.07, 6.45) is 0.420. The van der Waals surface area contributed by atoms with E-state index in [1.54, 1.807) is 20.8 Å². The predicted octanol–water partition coefficient (Wildman–Crippen LogP) is 1.33. The zero-order valence-electron chi connectivity index (χ0n) is 9.77. The Morgan fingerprint density at radius 2 is 2.00 bits per heavy atom. The number of carbonyl (C=O) groups excluding carboxylic acids is 1. The Hall–Kier alpha value is -1.26. The lowest BCUT2D eigenvalue weighted by Crippen LogP contribution is -2.45. The molecule has 1 saturated carbocycles. The van der Waals surface area contributed by atoms with Crippen LogP contribution in [0.3, 0.4) is 0 Å². The Morgan fingerprint density at radius 3 is 2.50 bits per heavy atom. The van der Waals surface area contributed by atoms with Crippen LogP contribution in [0.5, 0.6) is 0 Å². The third-order valence-electron chi connectivity index (χ3n) is 3.03. The Bertz CT molecular complexity index is 333. The first-order valence-electron chi connectivity index (χ1n) is 5.52. The molecule has 0 unspecified atom stereocenters. The van der Waals surface area contributed by atoms with Gasteiger partial charge in [0.15, 0.2) is 0 Å². The van der Waals surface area contributed by atoms with E-state index in [4.69, 9.17) is 9.84 Å². The van der Waals surface area contributed by atoms with Crippen molar-refractivity contribution in [2.24, 2.45) is 11.8 Å². The monoisotopic (exact) mass is 227 g/mol. The average Bonchev–Trinajstić information content (AvgIpc) is 2.73. The Kier molecular flexibility index (Phi) is 2.36. The molecule has 5 nitrogen and oxygen atoms in total. The number of carboxylic acids is 1. The summed E-state index contributed by atoms with van der Waals surface area (Å²) in [7, 11) is 0. The van der Waals surface area contributed by atoms with Crippen molar-refractivity contribution in [3.63, 3.8) is 0 Å². The van der Waals surface area contributed by atoms with Crippen molar-refractivity contribution in [2.45, 2.75) is 38.8 Å². The summed E-state index contributed by atoms with van der Waals surface area (Å²) in [5, 5.41) is 9.08. The molecule has 0 radical (unpaired) electrons. The number of rotatable bonds is 1. The second-order valence-electron chi connectivity index (χ2n) is 5.58. The molecule has 0 aromatic carbocycles. The minimum atomic E-state index is -0.921. The fraction of sp³-hybridized carbons (Fsp3) is 0.818. The van der Waals surface area contributed by atoms with Crippen molar-refractivity contribution < 1.29 is 19.4 Å². The van der Waals surface area contributed by atoms with Crippen LogP contribution in [0.25, 0.3) is 0 Å². The van der Waals surface area contributed by atoms with E-state index in [2.05, 4.69) is 0 Å². The summed E-state index contributed by atoms with van der Waals surface area (Å²) >= 11 is 0. The topological polar surface area (TPSA) is 66.8 Å². The van der Waals surface area contributed by atoms with E-state index >= 15 is 0 Å². The van der Waals surface area contributed by atoms with Crippen LogP contribution in [-0.2, 0) is 9.53 Å². The molecule has 0 bridgehead atoms. The second kappa shape index (κ2) is 3.37. The number of nitrogens with zero attached hydrogens (tertiary/aromatic N) is 1. The van der Waals surface area contributed by atoms with Gasteiger partial charge in [-0.05, 0) is 39.0 Å². The van der Waals surface area contributed by atoms with Crippen molar-refractivity contribution in [3.05, 3.63) is 0 Å². The minimum absolute atomic E-state index is 0.144. The number of hydrogen-bond donors (Lipinski definition) is 1. The molecule has 1 aliphatic carbocycles. The lowest BCUT2D eigenvalue weighted by atomic mass is 10.2. The summed E-state index contributed by atoms with van der Waals surface area (Å²) in [5.74, 6) is -0.408. The summed E-state index contributed by atoms with van der Waals surface area (Å²) in [6.45, 7) is 5.85. The van der Waals surface area contributed by atoms with Gasteiger partial charge in [0, 0.05) is 6.54 Å². The molecule has 0 aromatic rings. The highest BCUT2D eigenvalue weighted by molar-refractivity contribution is 5.82. The Morgan fingerprint density at radius 1 is 1.38 bits per heavy atom. The van der Waals surface area contributed by atoms with Crippen LogP contribution < -0.4 is 0 Å². The third-order valence-corrected chi connectivity index (χ3v) is 3.03. The molecule has 1 aliphatic heterocycles. The first kappa shape index (κ1) is 11.2. The fourth-order valence-electron chi connectivity index (χ4n) is 2.29. The molecule has 2 aliphatic rings. The van der Waals surface area contributed by atoms with Crippen LogP contribution in [0.1, 0.15) is 27.2 Å². The zero-order chi connectivity index (χ0) is 12.1. The van der Waals surface area contributed by atoms with E-state index in [-0.39, 0.29) is 5.92 Å². The number of carboxylic acid groups (broad SMARTS) is 1. The molecular formula is C11H17NO4. The number of amides is 1. The van der Waals surface area contributed by atoms with Crippen molar-refractivity contribution in [2.75, 3.05) is 6.54 Å². The molecule has 2 rings (SSSR count). The van der Waals surface area contributed by atoms with Gasteiger partial charge < -0.3 is 9.84 Å². The maximum Gasteiger partial charge on any atom is 0.411 e. The van der Waals surface area contributed by atoms with Gasteiger partial charge >= 0.3 is 12.1 Å². The standard InChI is InChI=1S/C11H17NO4/c1-11(2,3)16-10(15)12-5-6-4-7(6)8(12)9(13)14/h6-8H,4-5H2,1-3H3,(H,13,14)/t6-,7+,8+/m1/s1. The molecule has 3 atom stereocenters. The fourth-order valence-corrected chi connectivity index (χ4v) is 2.29. The number of ether oxygens (including phenoxy) is 1. The van der Waals surface area contributed by atoms with Gasteiger partial charge in [0.25, 0.3) is 0 Å². The van der Waals surface area contributed by atoms with Gasteiger partial charge in [-0.3, -0.25) is 4.90 Å². The lowest BCUT2D eigenvalue weighted by Gasteiger charge is -2.28. The highest BCUT2D eigenvalue weighted by atomic mass is 16.6. The van der Waals surface area contributed by atoms with Crippen LogP contribution in [0, 0.1) is 11.8 Å². The lowest BCUT2D eigenvalue weighted by molar-refractivity contribution is -0.142. The van der Waals surface area contributed by atoms with E-state index in [0.717, 1.165) is 6.42 Å². The van der Waals surface area contributed by atoms with Gasteiger partial charge in [0.2, 0.25) is 0 Å². The number of aliphatic carboxylic acids is 1. The molecule has 0 aromatic heterocycles. The number of carbonyl (C=O) groups is 2. The first-order valence-corrected chi connectivity index (χ1v) is 5.52. The van der Waals surface area contributed by atoms with E-state index in [1.165, 1.54) is 4.90 Å². The van der Waals surface area contributed by atoms with Gasteiger partial charge in [0.05, 0.1) is 0 Å². The maximum absolute atomic E-state index is 11.8. The van der Waals surface area contributed by atoms with Crippen LogP contribution in [0.4, 0.5) is 4.79 Å². The highest BCUT2D eigenvalue weighted by Crippen LogP contribution is 2.49. The maximum atomic E-state index is 11.8. The molecule has 1 amide bonds. The zero-order valence-corrected chi connectivity index (χ0v) is 9.77. The van der Waals surface area contributed by atoms with Gasteiger partial charge in [-0.2, -0.15) is 0 Å². The van der Waals surface area contributed by atoms with Crippen molar-refractivity contribution in [1.82, 2.24) is 4.90 Å². The van der Waals surface area contributed by atoms with E-state index in [1.807, 2.05) is 0 Å². The Labute approximate surface area is 94.4 Å². The number of piperidine rings is 1. The number of fused-ring (bicyclic) bond motifs is 1. The first-order chi connectivity index (χ1) is 7.29. The van der Waals surface area contributed by atoms with Gasteiger partial charge in [-0.1, -0.05) is 0 Å². The molecule has 1 N–H and O–H groups in total. The summed E-state index contributed by atoms with van der Waals surface area (Å²) in [6, 6.07) is -0.681. The molecule has 2 fully saturated rings. The largest absolute Gasteiger partial charge is 0.480 e. The molecule has 90 valence electrons. The van der Waals surface area contributed by atoms with E-state index in [9.17, 15) is 9.59 Å². The molecule has 0 spiro atoms. The minimum Gasteiger partial charge on any atom is -0.480 e. The van der Waals surface area contributed by atoms with Gasteiger partial charge in [0.1, 0.15) is 11.6 Å². The van der Waals surface area contributed by atoms with Crippen molar-refractivity contribution in [3.8, 4) is 0 Å². The predicted molar refractivity (Wildman–Crippen MR) is 56.0 cm³/mol. The van der Waals surface area contributed by atoms with Crippen LogP contribution in [0.2, 0.25) is 0 Å². The average molecular weight is 227 g/mol. The number of likely N-dealkylation sites (tertiary alicyclic amines) is 1. The summed E-state index contributed by atoms with van der Waals surface area (Å²) < 4.78 is 5.19. The summed E-state index contributed by atoms with van der Waals surface area (Å²) in [5.41, 5.74) is -0.576. The van der Waals surface area contributed by atoms with Gasteiger partial charge in [-0.25, -0.2) is 9.59 Å². The molecule has 1 saturated heterocycles. The van der Waals surface area contributed by atoms with Crippen molar-refractivity contribution in [1.29, 1.82) is 0 Å². The van der Waals surface area contributed by atoms with E-state index in [0.29, 0.717) is 12.5 Å². The number of hydrogen-bond acceptors (Lipinski definition) is 3. The second-order valence-corrected chi connectivity index (χ2v) is 5.58. The smallest absolute Gasteiger partial charge is 0.411 e. The quantitative estimate of drug-likeness (QED) is 0.733.